The Morgan fingerprint density at radius 3 is 2.72 bits per heavy atom. The van der Waals surface area contributed by atoms with E-state index in [1.54, 1.807) is 12.3 Å². The van der Waals surface area contributed by atoms with E-state index >= 15 is 0 Å². The van der Waals surface area contributed by atoms with E-state index in [-0.39, 0.29) is 6.04 Å². The average molecular weight is 346 g/mol. The molecule has 0 bridgehead atoms. The molecule has 2 N–H and O–H groups in total. The molecule has 0 aliphatic heterocycles. The van der Waals surface area contributed by atoms with Gasteiger partial charge in [0.1, 0.15) is 0 Å². The van der Waals surface area contributed by atoms with Crippen molar-refractivity contribution in [3.05, 3.63) is 65.0 Å². The van der Waals surface area contributed by atoms with Crippen molar-refractivity contribution in [3.8, 4) is 0 Å². The van der Waals surface area contributed by atoms with Crippen LogP contribution in [0.4, 0.5) is 8.78 Å². The van der Waals surface area contributed by atoms with Crippen LogP contribution in [-0.4, -0.2) is 24.0 Å². The van der Waals surface area contributed by atoms with Gasteiger partial charge in [0.2, 0.25) is 0 Å². The Morgan fingerprint density at radius 2 is 2.04 bits per heavy atom. The van der Waals surface area contributed by atoms with Crippen molar-refractivity contribution in [2.45, 2.75) is 33.2 Å². The third kappa shape index (κ3) is 5.52. The predicted molar refractivity (Wildman–Crippen MR) is 96.6 cm³/mol. The van der Waals surface area contributed by atoms with E-state index in [4.69, 9.17) is 0 Å². The van der Waals surface area contributed by atoms with Gasteiger partial charge in [0.15, 0.2) is 17.6 Å². The maximum atomic E-state index is 13.4. The fourth-order valence-corrected chi connectivity index (χ4v) is 2.46. The number of guanidine groups is 1. The first-order chi connectivity index (χ1) is 12.0. The van der Waals surface area contributed by atoms with E-state index in [0.29, 0.717) is 24.6 Å². The molecular weight excluding hydrogens is 322 g/mol. The fraction of sp³-hybridized carbons (Fsp3) is 0.368. The molecule has 1 unspecified atom stereocenters. The molecule has 0 saturated heterocycles. The summed E-state index contributed by atoms with van der Waals surface area (Å²) in [6.45, 7) is 7.22. The molecule has 1 atom stereocenters. The van der Waals surface area contributed by atoms with Crippen LogP contribution in [0.15, 0.2) is 41.7 Å². The zero-order valence-corrected chi connectivity index (χ0v) is 14.8. The predicted octanol–water partition coefficient (Wildman–Crippen LogP) is 3.53. The molecule has 0 radical (unpaired) electrons. The zero-order chi connectivity index (χ0) is 18.2. The number of aliphatic imine (C=N–C) groups is 1. The van der Waals surface area contributed by atoms with Crippen molar-refractivity contribution < 1.29 is 8.78 Å². The number of aromatic nitrogens is 1. The summed E-state index contributed by atoms with van der Waals surface area (Å²) < 4.78 is 26.5. The summed E-state index contributed by atoms with van der Waals surface area (Å²) in [5, 5.41) is 6.39. The molecule has 25 heavy (non-hydrogen) atoms. The van der Waals surface area contributed by atoms with E-state index in [0.717, 1.165) is 18.1 Å². The molecule has 0 aliphatic rings. The van der Waals surface area contributed by atoms with Crippen LogP contribution in [0.2, 0.25) is 0 Å². The number of rotatable bonds is 6. The van der Waals surface area contributed by atoms with Crippen molar-refractivity contribution in [1.29, 1.82) is 0 Å². The Kier molecular flexibility index (Phi) is 6.86. The van der Waals surface area contributed by atoms with Crippen LogP contribution in [0, 0.1) is 18.6 Å². The standard InChI is InChI=1S/C19H24F2N4/c1-4-23-19(24-10-8-15-7-9-22-12-13(15)2)25-14(3)16-5-6-17(20)18(21)11-16/h5-7,9,11-12,14H,4,8,10H2,1-3H3,(H2,23,24,25). The van der Waals surface area contributed by atoms with Crippen molar-refractivity contribution in [3.63, 3.8) is 0 Å². The first kappa shape index (κ1) is 18.8. The Bertz CT molecular complexity index is 731. The van der Waals surface area contributed by atoms with Crippen molar-refractivity contribution >= 4 is 5.96 Å². The van der Waals surface area contributed by atoms with Gasteiger partial charge in [-0.2, -0.15) is 0 Å². The monoisotopic (exact) mass is 346 g/mol. The lowest BCUT2D eigenvalue weighted by Gasteiger charge is -2.18. The molecule has 4 nitrogen and oxygen atoms in total. The number of aryl methyl sites for hydroxylation is 1. The molecule has 2 rings (SSSR count). The highest BCUT2D eigenvalue weighted by molar-refractivity contribution is 5.80. The first-order valence-electron chi connectivity index (χ1n) is 8.40. The fourth-order valence-electron chi connectivity index (χ4n) is 2.46. The highest BCUT2D eigenvalue weighted by atomic mass is 19.2. The minimum Gasteiger partial charge on any atom is -0.357 e. The number of nitrogens with one attached hydrogen (secondary N) is 2. The van der Waals surface area contributed by atoms with Gasteiger partial charge in [-0.15, -0.1) is 0 Å². The Morgan fingerprint density at radius 1 is 1.24 bits per heavy atom. The number of benzene rings is 1. The maximum absolute atomic E-state index is 13.4. The van der Waals surface area contributed by atoms with Crippen LogP contribution in [0.3, 0.4) is 0 Å². The van der Waals surface area contributed by atoms with Crippen molar-refractivity contribution in [2.24, 2.45) is 4.99 Å². The summed E-state index contributed by atoms with van der Waals surface area (Å²) in [6.07, 6.45) is 4.43. The quantitative estimate of drug-likeness (QED) is 0.621. The number of pyridine rings is 1. The van der Waals surface area contributed by atoms with Gasteiger partial charge in [0.05, 0.1) is 6.04 Å². The third-order valence-electron chi connectivity index (χ3n) is 3.93. The number of hydrogen-bond acceptors (Lipinski definition) is 2. The van der Waals surface area contributed by atoms with Gasteiger partial charge >= 0.3 is 0 Å². The second kappa shape index (κ2) is 9.11. The van der Waals surface area contributed by atoms with Gasteiger partial charge in [0.25, 0.3) is 0 Å². The molecular formula is C19H24F2N4. The molecule has 134 valence electrons. The Balaban J connectivity index is 2.01. The topological polar surface area (TPSA) is 49.3 Å². The second-order valence-electron chi connectivity index (χ2n) is 5.85. The first-order valence-corrected chi connectivity index (χ1v) is 8.40. The molecule has 1 heterocycles. The van der Waals surface area contributed by atoms with Crippen molar-refractivity contribution in [2.75, 3.05) is 13.1 Å². The van der Waals surface area contributed by atoms with Crippen LogP contribution >= 0.6 is 0 Å². The smallest absolute Gasteiger partial charge is 0.191 e. The van der Waals surface area contributed by atoms with Gasteiger partial charge in [-0.25, -0.2) is 8.78 Å². The lowest BCUT2D eigenvalue weighted by molar-refractivity contribution is 0.504. The second-order valence-corrected chi connectivity index (χ2v) is 5.85. The molecule has 2 aromatic rings. The molecule has 1 aromatic carbocycles. The molecule has 0 fully saturated rings. The van der Waals surface area contributed by atoms with E-state index in [2.05, 4.69) is 20.6 Å². The SMILES string of the molecule is CCNC(=NCCc1ccncc1C)NC(C)c1ccc(F)c(F)c1. The number of hydrogen-bond donors (Lipinski definition) is 2. The Labute approximate surface area is 147 Å². The molecule has 1 aromatic heterocycles. The summed E-state index contributed by atoms with van der Waals surface area (Å²) in [5.41, 5.74) is 3.02. The summed E-state index contributed by atoms with van der Waals surface area (Å²) in [5.74, 6) is -1.04. The summed E-state index contributed by atoms with van der Waals surface area (Å²) >= 11 is 0. The normalized spacial score (nSPS) is 12.8. The zero-order valence-electron chi connectivity index (χ0n) is 14.8. The van der Waals surface area contributed by atoms with Gasteiger partial charge < -0.3 is 10.6 Å². The van der Waals surface area contributed by atoms with Crippen LogP contribution in [0.5, 0.6) is 0 Å². The average Bonchev–Trinajstić information content (AvgIpc) is 2.59. The summed E-state index contributed by atoms with van der Waals surface area (Å²) in [7, 11) is 0. The molecule has 0 amide bonds. The van der Waals surface area contributed by atoms with Gasteiger partial charge in [-0.3, -0.25) is 9.98 Å². The largest absolute Gasteiger partial charge is 0.357 e. The van der Waals surface area contributed by atoms with E-state index in [1.807, 2.05) is 33.0 Å². The van der Waals surface area contributed by atoms with Crippen LogP contribution in [0.1, 0.15) is 36.6 Å². The lowest BCUT2D eigenvalue weighted by atomic mass is 10.1. The van der Waals surface area contributed by atoms with E-state index in [9.17, 15) is 8.78 Å². The third-order valence-corrected chi connectivity index (χ3v) is 3.93. The highest BCUT2D eigenvalue weighted by Crippen LogP contribution is 2.15. The van der Waals surface area contributed by atoms with Gasteiger partial charge in [-0.1, -0.05) is 6.07 Å². The molecule has 0 saturated carbocycles. The lowest BCUT2D eigenvalue weighted by Crippen LogP contribution is -2.39. The maximum Gasteiger partial charge on any atom is 0.191 e. The molecule has 6 heteroatoms. The Hall–Kier alpha value is -2.50. The van der Waals surface area contributed by atoms with Crippen LogP contribution in [0.25, 0.3) is 0 Å². The summed E-state index contributed by atoms with van der Waals surface area (Å²) in [6, 6.07) is 5.71. The number of halogens is 2. The van der Waals surface area contributed by atoms with Gasteiger partial charge in [0, 0.05) is 25.5 Å². The van der Waals surface area contributed by atoms with Gasteiger partial charge in [-0.05, 0) is 62.1 Å². The summed E-state index contributed by atoms with van der Waals surface area (Å²) in [4.78, 5) is 8.65. The number of nitrogens with zero attached hydrogens (tertiary/aromatic N) is 2. The minimum absolute atomic E-state index is 0.199. The van der Waals surface area contributed by atoms with E-state index in [1.165, 1.54) is 11.6 Å². The molecule has 0 spiro atoms. The minimum atomic E-state index is -0.846. The van der Waals surface area contributed by atoms with Crippen LogP contribution in [-0.2, 0) is 6.42 Å². The van der Waals surface area contributed by atoms with Crippen LogP contribution < -0.4 is 10.6 Å². The van der Waals surface area contributed by atoms with Crippen molar-refractivity contribution in [1.82, 2.24) is 15.6 Å². The highest BCUT2D eigenvalue weighted by Gasteiger charge is 2.11. The van der Waals surface area contributed by atoms with E-state index < -0.39 is 11.6 Å². The molecule has 0 aliphatic carbocycles.